The molecular weight excluding hydrogens is 328 g/mol. The first-order chi connectivity index (χ1) is 9.56. The molecule has 0 fully saturated rings. The Kier molecular flexibility index (Phi) is 4.73. The second kappa shape index (κ2) is 6.33. The van der Waals surface area contributed by atoms with Gasteiger partial charge in [0.2, 0.25) is 0 Å². The molecule has 0 aliphatic heterocycles. The Bertz CT molecular complexity index is 619. The van der Waals surface area contributed by atoms with Crippen molar-refractivity contribution in [1.82, 2.24) is 5.32 Å². The first-order valence-corrected chi connectivity index (χ1v) is 6.81. The van der Waals surface area contributed by atoms with Gasteiger partial charge in [-0.1, -0.05) is 28.1 Å². The minimum absolute atomic E-state index is 0.379. The zero-order chi connectivity index (χ0) is 14.7. The van der Waals surface area contributed by atoms with Crippen molar-refractivity contribution in [3.05, 3.63) is 63.6 Å². The lowest BCUT2D eigenvalue weighted by molar-refractivity contribution is 0.414. The summed E-state index contributed by atoms with van der Waals surface area (Å²) < 4.78 is 32.9. The summed E-state index contributed by atoms with van der Waals surface area (Å²) in [7, 11) is 3.31. The van der Waals surface area contributed by atoms with E-state index in [1.807, 2.05) is 6.07 Å². The van der Waals surface area contributed by atoms with Gasteiger partial charge in [0.05, 0.1) is 13.2 Å². The highest BCUT2D eigenvalue weighted by Crippen LogP contribution is 2.32. The fraction of sp³-hybridized carbons (Fsp3) is 0.200. The number of nitrogens with one attached hydrogen (secondary N) is 1. The van der Waals surface area contributed by atoms with Gasteiger partial charge in [-0.15, -0.1) is 0 Å². The van der Waals surface area contributed by atoms with Gasteiger partial charge in [0.25, 0.3) is 0 Å². The molecule has 0 spiro atoms. The average Bonchev–Trinajstić information content (AvgIpc) is 2.43. The lowest BCUT2D eigenvalue weighted by Gasteiger charge is -2.20. The Balaban J connectivity index is 2.47. The number of rotatable bonds is 4. The van der Waals surface area contributed by atoms with Crippen LogP contribution in [0.5, 0.6) is 5.75 Å². The molecule has 0 heterocycles. The van der Waals surface area contributed by atoms with Crippen molar-refractivity contribution >= 4 is 15.9 Å². The normalized spacial score (nSPS) is 12.2. The first-order valence-electron chi connectivity index (χ1n) is 6.02. The fourth-order valence-electron chi connectivity index (χ4n) is 2.08. The van der Waals surface area contributed by atoms with Crippen LogP contribution in [-0.4, -0.2) is 14.2 Å². The molecule has 2 aromatic carbocycles. The SMILES string of the molecule is CNC(c1ccc(F)cc1F)c1ccc(OC)cc1Br. The third-order valence-corrected chi connectivity index (χ3v) is 3.77. The molecule has 0 saturated heterocycles. The number of benzene rings is 2. The predicted octanol–water partition coefficient (Wildman–Crippen LogP) is 4.04. The minimum atomic E-state index is -0.588. The van der Waals surface area contributed by atoms with E-state index in [0.29, 0.717) is 11.3 Å². The lowest BCUT2D eigenvalue weighted by Crippen LogP contribution is -2.19. The topological polar surface area (TPSA) is 21.3 Å². The van der Waals surface area contributed by atoms with Gasteiger partial charge in [-0.2, -0.15) is 0 Å². The fourth-order valence-corrected chi connectivity index (χ4v) is 2.67. The zero-order valence-electron chi connectivity index (χ0n) is 11.1. The number of hydrogen-bond acceptors (Lipinski definition) is 2. The maximum Gasteiger partial charge on any atom is 0.131 e. The molecule has 106 valence electrons. The molecule has 5 heteroatoms. The first kappa shape index (κ1) is 14.9. The number of ether oxygens (including phenoxy) is 1. The van der Waals surface area contributed by atoms with Crippen LogP contribution in [0.25, 0.3) is 0 Å². The van der Waals surface area contributed by atoms with Gasteiger partial charge in [-0.25, -0.2) is 8.78 Å². The number of hydrogen-bond donors (Lipinski definition) is 1. The Morgan fingerprint density at radius 3 is 2.35 bits per heavy atom. The predicted molar refractivity (Wildman–Crippen MR) is 78.0 cm³/mol. The van der Waals surface area contributed by atoms with Crippen LogP contribution in [0.3, 0.4) is 0 Å². The summed E-state index contributed by atoms with van der Waals surface area (Å²) in [5.41, 5.74) is 1.23. The van der Waals surface area contributed by atoms with E-state index in [2.05, 4.69) is 21.2 Å². The molecule has 2 nitrogen and oxygen atoms in total. The van der Waals surface area contributed by atoms with Crippen LogP contribution in [0.4, 0.5) is 8.78 Å². The standard InChI is InChI=1S/C15H14BrF2NO/c1-19-15(12-5-3-9(17)7-14(12)18)11-6-4-10(20-2)8-13(11)16/h3-8,15,19H,1-2H3. The Morgan fingerprint density at radius 1 is 1.10 bits per heavy atom. The Hall–Kier alpha value is -1.46. The van der Waals surface area contributed by atoms with E-state index in [1.165, 1.54) is 12.1 Å². The quantitative estimate of drug-likeness (QED) is 0.905. The van der Waals surface area contributed by atoms with Crippen LogP contribution in [0.15, 0.2) is 40.9 Å². The van der Waals surface area contributed by atoms with Gasteiger partial charge in [0, 0.05) is 16.1 Å². The summed E-state index contributed by atoms with van der Waals surface area (Å²) in [6, 6.07) is 8.65. The largest absolute Gasteiger partial charge is 0.497 e. The van der Waals surface area contributed by atoms with Crippen LogP contribution in [0.1, 0.15) is 17.2 Å². The molecule has 2 aromatic rings. The van der Waals surface area contributed by atoms with E-state index in [1.54, 1.807) is 26.3 Å². The molecular formula is C15H14BrF2NO. The van der Waals surface area contributed by atoms with E-state index in [4.69, 9.17) is 4.74 Å². The summed E-state index contributed by atoms with van der Waals surface area (Å²) in [4.78, 5) is 0. The van der Waals surface area contributed by atoms with E-state index in [-0.39, 0.29) is 6.04 Å². The maximum atomic E-state index is 13.9. The smallest absolute Gasteiger partial charge is 0.131 e. The monoisotopic (exact) mass is 341 g/mol. The van der Waals surface area contributed by atoms with Crippen LogP contribution < -0.4 is 10.1 Å². The molecule has 20 heavy (non-hydrogen) atoms. The molecule has 1 atom stereocenters. The Labute approximate surface area is 124 Å². The third-order valence-electron chi connectivity index (χ3n) is 3.08. The summed E-state index contributed by atoms with van der Waals surface area (Å²) >= 11 is 3.45. The van der Waals surface area contributed by atoms with Gasteiger partial charge in [-0.3, -0.25) is 0 Å². The molecule has 0 aliphatic carbocycles. The molecule has 2 rings (SSSR count). The average molecular weight is 342 g/mol. The van der Waals surface area contributed by atoms with Gasteiger partial charge >= 0.3 is 0 Å². The van der Waals surface area contributed by atoms with Crippen molar-refractivity contribution in [3.8, 4) is 5.75 Å². The van der Waals surface area contributed by atoms with Crippen molar-refractivity contribution in [2.45, 2.75) is 6.04 Å². The summed E-state index contributed by atoms with van der Waals surface area (Å²) in [6.45, 7) is 0. The number of halogens is 3. The molecule has 0 bridgehead atoms. The molecule has 0 amide bonds. The third kappa shape index (κ3) is 2.99. The zero-order valence-corrected chi connectivity index (χ0v) is 12.7. The minimum Gasteiger partial charge on any atom is -0.497 e. The maximum absolute atomic E-state index is 13.9. The molecule has 0 aromatic heterocycles. The molecule has 1 unspecified atom stereocenters. The summed E-state index contributed by atoms with van der Waals surface area (Å²) in [6.07, 6.45) is 0. The summed E-state index contributed by atoms with van der Waals surface area (Å²) in [5.74, 6) is -0.461. The van der Waals surface area contributed by atoms with Crippen molar-refractivity contribution in [1.29, 1.82) is 0 Å². The Morgan fingerprint density at radius 2 is 1.80 bits per heavy atom. The second-order valence-electron chi connectivity index (χ2n) is 4.27. The van der Waals surface area contributed by atoms with Gasteiger partial charge in [0.15, 0.2) is 0 Å². The highest BCUT2D eigenvalue weighted by atomic mass is 79.9. The molecule has 0 saturated carbocycles. The van der Waals surface area contributed by atoms with E-state index < -0.39 is 11.6 Å². The number of methoxy groups -OCH3 is 1. The highest BCUT2D eigenvalue weighted by molar-refractivity contribution is 9.10. The molecule has 0 aliphatic rings. The van der Waals surface area contributed by atoms with Crippen LogP contribution in [0, 0.1) is 11.6 Å². The van der Waals surface area contributed by atoms with Crippen LogP contribution in [-0.2, 0) is 0 Å². The van der Waals surface area contributed by atoms with Crippen molar-refractivity contribution in [2.75, 3.05) is 14.2 Å². The van der Waals surface area contributed by atoms with E-state index >= 15 is 0 Å². The van der Waals surface area contributed by atoms with Crippen LogP contribution >= 0.6 is 15.9 Å². The van der Waals surface area contributed by atoms with Crippen molar-refractivity contribution in [2.24, 2.45) is 0 Å². The van der Waals surface area contributed by atoms with Crippen molar-refractivity contribution < 1.29 is 13.5 Å². The van der Waals surface area contributed by atoms with Gasteiger partial charge in [0.1, 0.15) is 17.4 Å². The van der Waals surface area contributed by atoms with E-state index in [9.17, 15) is 8.78 Å². The van der Waals surface area contributed by atoms with Gasteiger partial charge < -0.3 is 10.1 Å². The second-order valence-corrected chi connectivity index (χ2v) is 5.13. The van der Waals surface area contributed by atoms with E-state index in [0.717, 1.165) is 16.1 Å². The molecule has 0 radical (unpaired) electrons. The van der Waals surface area contributed by atoms with Crippen LogP contribution in [0.2, 0.25) is 0 Å². The summed E-state index contributed by atoms with van der Waals surface area (Å²) in [5, 5.41) is 3.04. The molecule has 1 N–H and O–H groups in total. The van der Waals surface area contributed by atoms with Crippen molar-refractivity contribution in [3.63, 3.8) is 0 Å². The van der Waals surface area contributed by atoms with Gasteiger partial charge in [-0.05, 0) is 30.8 Å². The highest BCUT2D eigenvalue weighted by Gasteiger charge is 2.19. The lowest BCUT2D eigenvalue weighted by atomic mass is 9.98.